The molecular weight excluding hydrogens is 318 g/mol. The summed E-state index contributed by atoms with van der Waals surface area (Å²) < 4.78 is 23.7. The van der Waals surface area contributed by atoms with Gasteiger partial charge in [0, 0.05) is 24.7 Å². The molecule has 1 saturated heterocycles. The maximum atomic E-state index is 11.5. The van der Waals surface area contributed by atoms with Gasteiger partial charge in [-0.2, -0.15) is 0 Å². The third kappa shape index (κ3) is 3.05. The molecule has 1 heterocycles. The van der Waals surface area contributed by atoms with Crippen molar-refractivity contribution in [3.05, 3.63) is 28.2 Å². The van der Waals surface area contributed by atoms with Crippen molar-refractivity contribution in [1.29, 1.82) is 0 Å². The number of rotatable bonds is 2. The van der Waals surface area contributed by atoms with Crippen LogP contribution in [0.25, 0.3) is 0 Å². The van der Waals surface area contributed by atoms with Crippen LogP contribution in [0.2, 0.25) is 0 Å². The van der Waals surface area contributed by atoms with E-state index in [-0.39, 0.29) is 23.3 Å². The fraction of sp³-hybridized carbons (Fsp3) is 0.500. The number of benzene rings is 1. The molecule has 0 aromatic heterocycles. The van der Waals surface area contributed by atoms with Gasteiger partial charge in [-0.15, -0.1) is 0 Å². The Morgan fingerprint density at radius 1 is 1.50 bits per heavy atom. The molecule has 0 saturated carbocycles. The summed E-state index contributed by atoms with van der Waals surface area (Å²) in [7, 11) is -2.89. The monoisotopic (exact) mass is 333 g/mol. The highest BCUT2D eigenvalue weighted by molar-refractivity contribution is 9.10. The standard InChI is InChI=1S/C12H16BrNO3S/c1-9-8-18(16,17)6-5-14(9)7-10-3-2-4-11(13)12(10)15/h2-4,9,15H,5-8H2,1H3. The minimum absolute atomic E-state index is 0.0119. The lowest BCUT2D eigenvalue weighted by Crippen LogP contribution is -2.46. The number of phenolic OH excluding ortho intramolecular Hbond substituents is 1. The topological polar surface area (TPSA) is 57.6 Å². The molecule has 1 aromatic rings. The average Bonchev–Trinajstić information content (AvgIpc) is 2.27. The molecule has 100 valence electrons. The van der Waals surface area contributed by atoms with Crippen LogP contribution < -0.4 is 0 Å². The van der Waals surface area contributed by atoms with E-state index in [1.165, 1.54) is 0 Å². The number of phenols is 1. The number of hydrogen-bond donors (Lipinski definition) is 1. The van der Waals surface area contributed by atoms with Crippen molar-refractivity contribution in [2.45, 2.75) is 19.5 Å². The average molecular weight is 334 g/mol. The van der Waals surface area contributed by atoms with E-state index in [1.807, 2.05) is 19.1 Å². The molecule has 1 aromatic carbocycles. The zero-order valence-electron chi connectivity index (χ0n) is 10.1. The van der Waals surface area contributed by atoms with Gasteiger partial charge in [0.2, 0.25) is 0 Å². The van der Waals surface area contributed by atoms with E-state index in [1.54, 1.807) is 6.07 Å². The van der Waals surface area contributed by atoms with Crippen molar-refractivity contribution in [1.82, 2.24) is 4.90 Å². The van der Waals surface area contributed by atoms with Gasteiger partial charge in [-0.1, -0.05) is 12.1 Å². The van der Waals surface area contributed by atoms with Crippen molar-refractivity contribution in [3.8, 4) is 5.75 Å². The van der Waals surface area contributed by atoms with Gasteiger partial charge in [0.1, 0.15) is 5.75 Å². The zero-order chi connectivity index (χ0) is 13.3. The van der Waals surface area contributed by atoms with Gasteiger partial charge in [-0.25, -0.2) is 8.42 Å². The molecule has 1 N–H and O–H groups in total. The van der Waals surface area contributed by atoms with Gasteiger partial charge in [-0.05, 0) is 28.9 Å². The number of halogens is 1. The highest BCUT2D eigenvalue weighted by atomic mass is 79.9. The molecule has 1 atom stereocenters. The summed E-state index contributed by atoms with van der Waals surface area (Å²) in [6.07, 6.45) is 0. The normalized spacial score (nSPS) is 24.0. The lowest BCUT2D eigenvalue weighted by atomic mass is 10.1. The molecular formula is C12H16BrNO3S. The first-order valence-corrected chi connectivity index (χ1v) is 8.41. The summed E-state index contributed by atoms with van der Waals surface area (Å²) in [4.78, 5) is 2.09. The van der Waals surface area contributed by atoms with Crippen LogP contribution in [-0.4, -0.2) is 42.5 Å². The molecule has 0 radical (unpaired) electrons. The second-order valence-electron chi connectivity index (χ2n) is 4.68. The third-order valence-electron chi connectivity index (χ3n) is 3.25. The largest absolute Gasteiger partial charge is 0.506 e. The summed E-state index contributed by atoms with van der Waals surface area (Å²) in [6, 6.07) is 5.49. The smallest absolute Gasteiger partial charge is 0.153 e. The predicted octanol–water partition coefficient (Wildman–Crippen LogP) is 1.77. The summed E-state index contributed by atoms with van der Waals surface area (Å²) in [5, 5.41) is 9.93. The lowest BCUT2D eigenvalue weighted by molar-refractivity contribution is 0.215. The first-order valence-electron chi connectivity index (χ1n) is 5.80. The Bertz CT molecular complexity index is 544. The molecule has 0 amide bonds. The molecule has 1 aliphatic rings. The maximum absolute atomic E-state index is 11.5. The second-order valence-corrected chi connectivity index (χ2v) is 7.76. The van der Waals surface area contributed by atoms with Crippen LogP contribution in [0.5, 0.6) is 5.75 Å². The summed E-state index contributed by atoms with van der Waals surface area (Å²) >= 11 is 3.28. The van der Waals surface area contributed by atoms with Gasteiger partial charge < -0.3 is 5.11 Å². The van der Waals surface area contributed by atoms with E-state index < -0.39 is 9.84 Å². The van der Waals surface area contributed by atoms with E-state index >= 15 is 0 Å². The quantitative estimate of drug-likeness (QED) is 0.896. The summed E-state index contributed by atoms with van der Waals surface area (Å²) in [6.45, 7) is 3.00. The van der Waals surface area contributed by atoms with Gasteiger partial charge in [0.05, 0.1) is 16.0 Å². The van der Waals surface area contributed by atoms with Crippen LogP contribution in [-0.2, 0) is 16.4 Å². The van der Waals surface area contributed by atoms with Crippen LogP contribution in [0.1, 0.15) is 12.5 Å². The molecule has 4 nitrogen and oxygen atoms in total. The highest BCUT2D eigenvalue weighted by Gasteiger charge is 2.28. The Labute approximate surface area is 116 Å². The molecule has 18 heavy (non-hydrogen) atoms. The Kier molecular flexibility index (Phi) is 3.99. The molecule has 0 spiro atoms. The van der Waals surface area contributed by atoms with Gasteiger partial charge in [-0.3, -0.25) is 4.90 Å². The van der Waals surface area contributed by atoms with E-state index in [9.17, 15) is 13.5 Å². The number of aromatic hydroxyl groups is 1. The number of sulfone groups is 1. The SMILES string of the molecule is CC1CS(=O)(=O)CCN1Cc1cccc(Br)c1O. The predicted molar refractivity (Wildman–Crippen MR) is 74.3 cm³/mol. The van der Waals surface area contributed by atoms with Crippen LogP contribution in [0.3, 0.4) is 0 Å². The van der Waals surface area contributed by atoms with Crippen molar-refractivity contribution in [3.63, 3.8) is 0 Å². The fourth-order valence-electron chi connectivity index (χ4n) is 2.17. The Morgan fingerprint density at radius 3 is 2.89 bits per heavy atom. The molecule has 1 fully saturated rings. The summed E-state index contributed by atoms with van der Waals surface area (Å²) in [5.41, 5.74) is 0.815. The van der Waals surface area contributed by atoms with Crippen molar-refractivity contribution < 1.29 is 13.5 Å². The third-order valence-corrected chi connectivity index (χ3v) is 5.69. The van der Waals surface area contributed by atoms with Crippen LogP contribution in [0.4, 0.5) is 0 Å². The highest BCUT2D eigenvalue weighted by Crippen LogP contribution is 2.29. The van der Waals surface area contributed by atoms with Crippen molar-refractivity contribution in [2.24, 2.45) is 0 Å². The van der Waals surface area contributed by atoms with Gasteiger partial charge in [0.15, 0.2) is 9.84 Å². The first kappa shape index (κ1) is 13.8. The fourth-order valence-corrected chi connectivity index (χ4v) is 4.21. The number of nitrogens with zero attached hydrogens (tertiary/aromatic N) is 1. The second kappa shape index (κ2) is 5.19. The number of para-hydroxylation sites is 1. The van der Waals surface area contributed by atoms with Crippen LogP contribution >= 0.6 is 15.9 Å². The molecule has 1 unspecified atom stereocenters. The Balaban J connectivity index is 2.13. The van der Waals surface area contributed by atoms with Gasteiger partial charge in [0.25, 0.3) is 0 Å². The zero-order valence-corrected chi connectivity index (χ0v) is 12.5. The Hall–Kier alpha value is -0.590. The maximum Gasteiger partial charge on any atom is 0.153 e. The van der Waals surface area contributed by atoms with E-state index in [0.717, 1.165) is 5.56 Å². The molecule has 2 rings (SSSR count). The number of hydrogen-bond acceptors (Lipinski definition) is 4. The van der Waals surface area contributed by atoms with Crippen LogP contribution in [0.15, 0.2) is 22.7 Å². The van der Waals surface area contributed by atoms with E-state index in [2.05, 4.69) is 20.8 Å². The molecule has 6 heteroatoms. The van der Waals surface area contributed by atoms with Crippen LogP contribution in [0, 0.1) is 0 Å². The molecule has 1 aliphatic heterocycles. The Morgan fingerprint density at radius 2 is 2.22 bits per heavy atom. The van der Waals surface area contributed by atoms with Gasteiger partial charge >= 0.3 is 0 Å². The summed E-state index contributed by atoms with van der Waals surface area (Å²) in [5.74, 6) is 0.631. The van der Waals surface area contributed by atoms with E-state index in [4.69, 9.17) is 0 Å². The molecule has 0 bridgehead atoms. The van der Waals surface area contributed by atoms with E-state index in [0.29, 0.717) is 17.6 Å². The molecule has 0 aliphatic carbocycles. The minimum atomic E-state index is -2.89. The minimum Gasteiger partial charge on any atom is -0.506 e. The van der Waals surface area contributed by atoms with Crippen molar-refractivity contribution in [2.75, 3.05) is 18.1 Å². The first-order chi connectivity index (χ1) is 8.39. The lowest BCUT2D eigenvalue weighted by Gasteiger charge is -2.33. The van der Waals surface area contributed by atoms with Crippen molar-refractivity contribution >= 4 is 25.8 Å².